The number of aromatic nitrogens is 2. The molecule has 6 nitrogen and oxygen atoms in total. The Morgan fingerprint density at radius 3 is 2.43 bits per heavy atom. The molecule has 1 N–H and O–H groups in total. The second kappa shape index (κ2) is 8.12. The third kappa shape index (κ3) is 3.97. The molecule has 0 saturated carbocycles. The third-order valence-electron chi connectivity index (χ3n) is 4.93. The maximum Gasteiger partial charge on any atom is 0.240 e. The molecule has 7 heteroatoms. The van der Waals surface area contributed by atoms with E-state index in [2.05, 4.69) is 10.3 Å². The highest BCUT2D eigenvalue weighted by Gasteiger charge is 2.23. The van der Waals surface area contributed by atoms with Crippen molar-refractivity contribution in [3.05, 3.63) is 90.4 Å². The summed E-state index contributed by atoms with van der Waals surface area (Å²) in [5.41, 5.74) is 2.63. The van der Waals surface area contributed by atoms with Gasteiger partial charge in [-0.15, -0.1) is 0 Å². The van der Waals surface area contributed by atoms with Gasteiger partial charge < -0.3 is 9.88 Å². The van der Waals surface area contributed by atoms with Crippen LogP contribution in [0.3, 0.4) is 0 Å². The highest BCUT2D eigenvalue weighted by atomic mass is 32.2. The van der Waals surface area contributed by atoms with Crippen LogP contribution in [0.15, 0.2) is 89.0 Å². The summed E-state index contributed by atoms with van der Waals surface area (Å²) in [5.74, 6) is -0.202. The molecule has 0 bridgehead atoms. The summed E-state index contributed by atoms with van der Waals surface area (Å²) < 4.78 is 28.2. The Balaban J connectivity index is 1.64. The molecule has 1 amide bonds. The van der Waals surface area contributed by atoms with E-state index in [-0.39, 0.29) is 22.2 Å². The molecule has 0 aliphatic rings. The Kier molecular flexibility index (Phi) is 5.37. The van der Waals surface area contributed by atoms with E-state index in [0.29, 0.717) is 17.4 Å². The van der Waals surface area contributed by atoms with Gasteiger partial charge in [-0.1, -0.05) is 35.9 Å². The number of para-hydroxylation sites is 1. The fourth-order valence-electron chi connectivity index (χ4n) is 3.31. The number of hydrogen-bond donors (Lipinski definition) is 1. The smallest absolute Gasteiger partial charge is 0.240 e. The molecule has 4 aromatic rings. The molecule has 2 aromatic heterocycles. The molecule has 0 aliphatic carbocycles. The number of hydrogen-bond acceptors (Lipinski definition) is 4. The number of sulfone groups is 1. The van der Waals surface area contributed by atoms with E-state index in [9.17, 15) is 13.2 Å². The lowest BCUT2D eigenvalue weighted by atomic mass is 10.2. The van der Waals surface area contributed by atoms with Crippen molar-refractivity contribution >= 4 is 26.6 Å². The van der Waals surface area contributed by atoms with Gasteiger partial charge in [-0.25, -0.2) is 8.42 Å². The van der Waals surface area contributed by atoms with Gasteiger partial charge in [-0.2, -0.15) is 0 Å². The molecule has 0 aliphatic heterocycles. The molecule has 2 heterocycles. The zero-order chi connectivity index (χ0) is 21.1. The second-order valence-corrected chi connectivity index (χ2v) is 9.01. The fraction of sp³-hybridized carbons (Fsp3) is 0.130. The average molecular weight is 420 g/mol. The highest BCUT2D eigenvalue weighted by Crippen LogP contribution is 2.30. The summed E-state index contributed by atoms with van der Waals surface area (Å²) in [4.78, 5) is 16.9. The van der Waals surface area contributed by atoms with Crippen LogP contribution in [0.25, 0.3) is 10.9 Å². The van der Waals surface area contributed by atoms with Gasteiger partial charge in [0.05, 0.1) is 9.79 Å². The fourth-order valence-corrected chi connectivity index (χ4v) is 4.79. The molecule has 0 saturated heterocycles. The second-order valence-electron chi connectivity index (χ2n) is 7.09. The summed E-state index contributed by atoms with van der Waals surface area (Å²) in [6.45, 7) is 2.32. The van der Waals surface area contributed by atoms with Gasteiger partial charge in [0.25, 0.3) is 0 Å². The summed E-state index contributed by atoms with van der Waals surface area (Å²) in [6, 6.07) is 17.6. The number of amides is 1. The number of fused-ring (bicyclic) bond motifs is 1. The first-order valence-electron chi connectivity index (χ1n) is 9.50. The molecule has 0 atom stereocenters. The molecule has 2 aromatic carbocycles. The summed E-state index contributed by atoms with van der Waals surface area (Å²) in [5, 5.41) is 3.46. The average Bonchev–Trinajstić information content (AvgIpc) is 3.13. The van der Waals surface area contributed by atoms with Crippen LogP contribution in [-0.4, -0.2) is 23.9 Å². The van der Waals surface area contributed by atoms with E-state index in [1.54, 1.807) is 59.6 Å². The van der Waals surface area contributed by atoms with E-state index >= 15 is 0 Å². The van der Waals surface area contributed by atoms with Gasteiger partial charge in [-0.05, 0) is 42.8 Å². The maximum absolute atomic E-state index is 13.2. The van der Waals surface area contributed by atoms with Crippen molar-refractivity contribution in [3.63, 3.8) is 0 Å². The zero-order valence-corrected chi connectivity index (χ0v) is 17.3. The molecular weight excluding hydrogens is 398 g/mol. The lowest BCUT2D eigenvalue weighted by Crippen LogP contribution is -2.26. The van der Waals surface area contributed by atoms with Crippen molar-refractivity contribution in [1.82, 2.24) is 14.9 Å². The minimum atomic E-state index is -3.71. The van der Waals surface area contributed by atoms with Crippen LogP contribution in [0.5, 0.6) is 0 Å². The lowest BCUT2D eigenvalue weighted by molar-refractivity contribution is -0.121. The minimum absolute atomic E-state index is 0.0228. The molecular formula is C23H21N3O3S. The van der Waals surface area contributed by atoms with Crippen molar-refractivity contribution < 1.29 is 13.2 Å². The third-order valence-corrected chi connectivity index (χ3v) is 6.72. The summed E-state index contributed by atoms with van der Waals surface area (Å²) in [7, 11) is -3.71. The van der Waals surface area contributed by atoms with Gasteiger partial charge in [0.2, 0.25) is 15.7 Å². The van der Waals surface area contributed by atoms with Crippen LogP contribution < -0.4 is 5.32 Å². The van der Waals surface area contributed by atoms with Gasteiger partial charge >= 0.3 is 0 Å². The summed E-state index contributed by atoms with van der Waals surface area (Å²) in [6.07, 6.45) is 4.89. The predicted molar refractivity (Wildman–Crippen MR) is 115 cm³/mol. The Morgan fingerprint density at radius 2 is 1.70 bits per heavy atom. The number of aryl methyl sites for hydroxylation is 1. The van der Waals surface area contributed by atoms with Crippen LogP contribution in [0.2, 0.25) is 0 Å². The first kappa shape index (κ1) is 19.8. The highest BCUT2D eigenvalue weighted by molar-refractivity contribution is 7.91. The van der Waals surface area contributed by atoms with E-state index in [1.165, 1.54) is 0 Å². The molecule has 0 fully saturated rings. The number of carbonyl (C=O) groups is 1. The lowest BCUT2D eigenvalue weighted by Gasteiger charge is -2.07. The number of carbonyl (C=O) groups excluding carboxylic acids is 1. The Morgan fingerprint density at radius 1 is 1.00 bits per heavy atom. The molecule has 0 radical (unpaired) electrons. The van der Waals surface area contributed by atoms with Crippen LogP contribution in [-0.2, 0) is 27.7 Å². The van der Waals surface area contributed by atoms with E-state index in [0.717, 1.165) is 11.1 Å². The number of nitrogens with zero attached hydrogens (tertiary/aromatic N) is 2. The quantitative estimate of drug-likeness (QED) is 0.519. The van der Waals surface area contributed by atoms with Gasteiger partial charge in [0.1, 0.15) is 6.54 Å². The van der Waals surface area contributed by atoms with E-state index in [1.807, 2.05) is 31.2 Å². The van der Waals surface area contributed by atoms with E-state index < -0.39 is 9.84 Å². The van der Waals surface area contributed by atoms with Gasteiger partial charge in [0, 0.05) is 36.0 Å². The van der Waals surface area contributed by atoms with Crippen molar-refractivity contribution in [3.8, 4) is 0 Å². The van der Waals surface area contributed by atoms with E-state index in [4.69, 9.17) is 0 Å². The Hall–Kier alpha value is -3.45. The van der Waals surface area contributed by atoms with Crippen LogP contribution in [0.1, 0.15) is 11.1 Å². The SMILES string of the molecule is Cc1ccc(S(=O)(=O)c2cn(CC(=O)NCc3ccncc3)c3ccccc23)cc1. The molecule has 0 unspecified atom stereocenters. The Bertz CT molecular complexity index is 1290. The number of benzene rings is 2. The van der Waals surface area contributed by atoms with Crippen molar-refractivity contribution in [2.75, 3.05) is 0 Å². The number of pyridine rings is 1. The van der Waals surface area contributed by atoms with Crippen LogP contribution in [0, 0.1) is 6.92 Å². The Labute approximate surface area is 175 Å². The van der Waals surface area contributed by atoms with Crippen molar-refractivity contribution in [2.24, 2.45) is 0 Å². The maximum atomic E-state index is 13.2. The molecule has 30 heavy (non-hydrogen) atoms. The summed E-state index contributed by atoms with van der Waals surface area (Å²) >= 11 is 0. The largest absolute Gasteiger partial charge is 0.350 e. The molecule has 0 spiro atoms. The first-order valence-corrected chi connectivity index (χ1v) is 11.0. The molecule has 4 rings (SSSR count). The predicted octanol–water partition coefficient (Wildman–Crippen LogP) is 3.49. The molecule has 152 valence electrons. The first-order chi connectivity index (χ1) is 14.4. The van der Waals surface area contributed by atoms with Crippen molar-refractivity contribution in [1.29, 1.82) is 0 Å². The van der Waals surface area contributed by atoms with Crippen molar-refractivity contribution in [2.45, 2.75) is 29.8 Å². The van der Waals surface area contributed by atoms with Gasteiger partial charge in [0.15, 0.2) is 0 Å². The van der Waals surface area contributed by atoms with Crippen LogP contribution in [0.4, 0.5) is 0 Å². The zero-order valence-electron chi connectivity index (χ0n) is 16.4. The monoisotopic (exact) mass is 419 g/mol. The topological polar surface area (TPSA) is 81.1 Å². The number of nitrogens with one attached hydrogen (secondary N) is 1. The minimum Gasteiger partial charge on any atom is -0.350 e. The number of rotatable bonds is 6. The standard InChI is InChI=1S/C23H21N3O3S/c1-17-6-8-19(9-7-17)30(28,29)22-15-26(21-5-3-2-4-20(21)22)16-23(27)25-14-18-10-12-24-13-11-18/h2-13,15H,14,16H2,1H3,(H,25,27). The van der Waals surface area contributed by atoms with Gasteiger partial charge in [-0.3, -0.25) is 9.78 Å². The van der Waals surface area contributed by atoms with Crippen LogP contribution >= 0.6 is 0 Å². The normalized spacial score (nSPS) is 11.5.